The number of H-pyrrole nitrogens is 1. The van der Waals surface area contributed by atoms with Crippen LogP contribution in [0.5, 0.6) is 0 Å². The van der Waals surface area contributed by atoms with Gasteiger partial charge in [0.15, 0.2) is 11.4 Å². The molecular weight excluding hydrogens is 266 g/mol. The van der Waals surface area contributed by atoms with Gasteiger partial charge in [0.2, 0.25) is 0 Å². The number of aromatic nitrogens is 3. The van der Waals surface area contributed by atoms with Crippen molar-refractivity contribution in [1.82, 2.24) is 15.0 Å². The molecule has 0 saturated heterocycles. The smallest absolute Gasteiger partial charge is 0.350 e. The molecule has 0 aromatic heterocycles. The van der Waals surface area contributed by atoms with Gasteiger partial charge in [0.1, 0.15) is 5.52 Å². The lowest BCUT2D eigenvalue weighted by molar-refractivity contribution is 0.596. The molecule has 0 aliphatic carbocycles. The maximum absolute atomic E-state index is 11.2. The molecule has 0 atom stereocenters. The van der Waals surface area contributed by atoms with Gasteiger partial charge in [-0.1, -0.05) is 35.9 Å². The number of hydrogen-bond acceptors (Lipinski definition) is 4. The average molecular weight is 277 g/mol. The largest absolute Gasteiger partial charge is 0.433 e. The Hall–Kier alpha value is -2.95. The Labute approximate surface area is 119 Å². The van der Waals surface area contributed by atoms with Gasteiger partial charge < -0.3 is 4.42 Å². The Kier molecular flexibility index (Phi) is 2.41. The minimum Gasteiger partial charge on any atom is -0.433 e. The maximum atomic E-state index is 11.2. The summed E-state index contributed by atoms with van der Waals surface area (Å²) in [6, 6.07) is 14.0. The molecule has 1 N–H and O–H groups in total. The highest BCUT2D eigenvalue weighted by molar-refractivity contribution is 5.81. The standard InChI is InChI=1S/C16H11N3O2/c1-9-3-2-4-10(7-9)11-5-6-12-13(8-11)21-15-14(17-12)18-16(20)19-15/h2-8H,1H3,(H,17,18,20). The Bertz CT molecular complexity index is 984. The second-order valence-corrected chi connectivity index (χ2v) is 4.96. The first-order valence-corrected chi connectivity index (χ1v) is 6.57. The fourth-order valence-corrected chi connectivity index (χ4v) is 2.39. The van der Waals surface area contributed by atoms with Gasteiger partial charge in [-0.15, -0.1) is 0 Å². The Morgan fingerprint density at radius 3 is 2.76 bits per heavy atom. The summed E-state index contributed by atoms with van der Waals surface area (Å²) in [5.74, 6) is 0.602. The van der Waals surface area contributed by atoms with Crippen LogP contribution in [-0.4, -0.2) is 15.0 Å². The molecule has 2 aromatic carbocycles. The van der Waals surface area contributed by atoms with Crippen LogP contribution in [0.3, 0.4) is 0 Å². The number of imidazole rings is 1. The van der Waals surface area contributed by atoms with Crippen molar-refractivity contribution in [3.05, 3.63) is 58.5 Å². The number of fused-ring (bicyclic) bond motifs is 2. The summed E-state index contributed by atoms with van der Waals surface area (Å²) in [6.45, 7) is 2.06. The molecule has 2 heterocycles. The predicted octanol–water partition coefficient (Wildman–Crippen LogP) is 2.99. The quantitative estimate of drug-likeness (QED) is 0.580. The molecule has 21 heavy (non-hydrogen) atoms. The second kappa shape index (κ2) is 4.28. The molecule has 5 heteroatoms. The average Bonchev–Trinajstić information content (AvgIpc) is 2.83. The third kappa shape index (κ3) is 1.99. The number of aryl methyl sites for hydroxylation is 1. The van der Waals surface area contributed by atoms with Crippen LogP contribution in [0.4, 0.5) is 0 Å². The van der Waals surface area contributed by atoms with Crippen LogP contribution in [0.1, 0.15) is 5.56 Å². The van der Waals surface area contributed by atoms with Gasteiger partial charge in [-0.25, -0.2) is 9.78 Å². The van der Waals surface area contributed by atoms with Crippen LogP contribution in [0.25, 0.3) is 33.9 Å². The monoisotopic (exact) mass is 277 g/mol. The summed E-state index contributed by atoms with van der Waals surface area (Å²) in [7, 11) is 0. The fraction of sp³-hybridized carbons (Fsp3) is 0.0625. The van der Waals surface area contributed by atoms with E-state index in [4.69, 9.17) is 4.42 Å². The van der Waals surface area contributed by atoms with E-state index >= 15 is 0 Å². The van der Waals surface area contributed by atoms with Gasteiger partial charge in [-0.05, 0) is 30.2 Å². The summed E-state index contributed by atoms with van der Waals surface area (Å²) < 4.78 is 5.65. The Morgan fingerprint density at radius 1 is 1.05 bits per heavy atom. The highest BCUT2D eigenvalue weighted by Crippen LogP contribution is 2.27. The van der Waals surface area contributed by atoms with Gasteiger partial charge in [-0.3, -0.25) is 4.98 Å². The van der Waals surface area contributed by atoms with Gasteiger partial charge in [0.05, 0.1) is 0 Å². The lowest BCUT2D eigenvalue weighted by Gasteiger charge is -2.05. The van der Waals surface area contributed by atoms with E-state index in [1.165, 1.54) is 5.56 Å². The van der Waals surface area contributed by atoms with Crippen molar-refractivity contribution in [2.45, 2.75) is 6.92 Å². The third-order valence-corrected chi connectivity index (χ3v) is 3.38. The third-order valence-electron chi connectivity index (χ3n) is 3.38. The lowest BCUT2D eigenvalue weighted by Crippen LogP contribution is -1.98. The van der Waals surface area contributed by atoms with Crippen LogP contribution >= 0.6 is 0 Å². The van der Waals surface area contributed by atoms with Crippen LogP contribution < -0.4 is 5.69 Å². The molecule has 2 aliphatic rings. The number of aromatic amines is 1. The highest BCUT2D eigenvalue weighted by Gasteiger charge is 2.14. The summed E-state index contributed by atoms with van der Waals surface area (Å²) in [5, 5.41) is 0. The molecule has 5 nitrogen and oxygen atoms in total. The van der Waals surface area contributed by atoms with Crippen molar-refractivity contribution in [3.8, 4) is 22.8 Å². The van der Waals surface area contributed by atoms with E-state index in [-0.39, 0.29) is 5.89 Å². The Morgan fingerprint density at radius 2 is 1.90 bits per heavy atom. The minimum atomic E-state index is -0.449. The molecule has 0 saturated carbocycles. The van der Waals surface area contributed by atoms with E-state index in [9.17, 15) is 4.79 Å². The number of benzene rings is 2. The van der Waals surface area contributed by atoms with Crippen LogP contribution in [0.15, 0.2) is 51.7 Å². The molecular formula is C16H11N3O2. The van der Waals surface area contributed by atoms with Crippen molar-refractivity contribution in [3.63, 3.8) is 0 Å². The van der Waals surface area contributed by atoms with Crippen molar-refractivity contribution < 1.29 is 4.42 Å². The number of rotatable bonds is 1. The predicted molar refractivity (Wildman–Crippen MR) is 79.2 cm³/mol. The topological polar surface area (TPSA) is 71.8 Å². The number of nitrogens with zero attached hydrogens (tertiary/aromatic N) is 2. The molecule has 0 radical (unpaired) electrons. The zero-order valence-electron chi connectivity index (χ0n) is 11.3. The Balaban J connectivity index is 1.95. The molecule has 2 aromatic rings. The van der Waals surface area contributed by atoms with E-state index in [0.717, 1.165) is 11.1 Å². The first kappa shape index (κ1) is 11.8. The zero-order chi connectivity index (χ0) is 14.4. The fourth-order valence-electron chi connectivity index (χ4n) is 2.39. The van der Waals surface area contributed by atoms with Gasteiger partial charge in [0, 0.05) is 0 Å². The molecule has 0 bridgehead atoms. The molecule has 0 unspecified atom stereocenters. The molecule has 4 rings (SSSR count). The van der Waals surface area contributed by atoms with Crippen molar-refractivity contribution in [2.24, 2.45) is 0 Å². The van der Waals surface area contributed by atoms with Crippen molar-refractivity contribution >= 4 is 11.1 Å². The van der Waals surface area contributed by atoms with E-state index in [1.54, 1.807) is 0 Å². The molecule has 2 aliphatic heterocycles. The van der Waals surface area contributed by atoms with Gasteiger partial charge >= 0.3 is 5.69 Å². The maximum Gasteiger partial charge on any atom is 0.350 e. The van der Waals surface area contributed by atoms with Gasteiger partial charge in [0.25, 0.3) is 5.89 Å². The van der Waals surface area contributed by atoms with Crippen LogP contribution in [0, 0.1) is 6.92 Å². The number of nitrogens with one attached hydrogen (secondary N) is 1. The summed E-state index contributed by atoms with van der Waals surface area (Å²) in [5.41, 5.74) is 4.18. The minimum absolute atomic E-state index is 0.230. The van der Waals surface area contributed by atoms with E-state index < -0.39 is 5.69 Å². The van der Waals surface area contributed by atoms with Crippen molar-refractivity contribution in [2.75, 3.05) is 0 Å². The first-order valence-electron chi connectivity index (χ1n) is 6.57. The number of hydrogen-bond donors (Lipinski definition) is 1. The van der Waals surface area contributed by atoms with E-state index in [2.05, 4.69) is 34.0 Å². The summed E-state index contributed by atoms with van der Waals surface area (Å²) in [6.07, 6.45) is 0. The lowest BCUT2D eigenvalue weighted by atomic mass is 10.0. The highest BCUT2D eigenvalue weighted by atomic mass is 16.3. The summed E-state index contributed by atoms with van der Waals surface area (Å²) in [4.78, 5) is 21.8. The summed E-state index contributed by atoms with van der Waals surface area (Å²) >= 11 is 0. The zero-order valence-corrected chi connectivity index (χ0v) is 11.3. The van der Waals surface area contributed by atoms with Crippen LogP contribution in [-0.2, 0) is 0 Å². The SMILES string of the molecule is Cc1cccc(-c2ccc3nc4[nH]c(=O)nc-4oc3c2)c1. The molecule has 0 spiro atoms. The molecule has 0 amide bonds. The second-order valence-electron chi connectivity index (χ2n) is 4.96. The first-order chi connectivity index (χ1) is 10.2. The van der Waals surface area contributed by atoms with Crippen LogP contribution in [0.2, 0.25) is 0 Å². The molecule has 102 valence electrons. The van der Waals surface area contributed by atoms with Crippen molar-refractivity contribution in [1.29, 1.82) is 0 Å². The van der Waals surface area contributed by atoms with E-state index in [1.807, 2.05) is 30.3 Å². The van der Waals surface area contributed by atoms with Gasteiger partial charge in [-0.2, -0.15) is 4.98 Å². The normalized spacial score (nSPS) is 11.3. The van der Waals surface area contributed by atoms with E-state index in [0.29, 0.717) is 16.9 Å². The molecule has 0 fully saturated rings.